The summed E-state index contributed by atoms with van der Waals surface area (Å²) < 4.78 is 29.9. The molecule has 0 bridgehead atoms. The molecule has 0 aliphatic carbocycles. The maximum Gasteiger partial charge on any atom is 0.348 e. The number of halogens is 2. The van der Waals surface area contributed by atoms with E-state index in [2.05, 4.69) is 4.98 Å². The zero-order valence-electron chi connectivity index (χ0n) is 11.4. The van der Waals surface area contributed by atoms with Crippen LogP contribution in [0.3, 0.4) is 0 Å². The molecule has 2 heterocycles. The summed E-state index contributed by atoms with van der Waals surface area (Å²) in [6.07, 6.45) is 1.65. The molecule has 23 heavy (non-hydrogen) atoms. The molecule has 2 aromatic heterocycles. The lowest BCUT2D eigenvalue weighted by Gasteiger charge is -2.06. The first-order valence-corrected chi connectivity index (χ1v) is 9.34. The van der Waals surface area contributed by atoms with Gasteiger partial charge < -0.3 is 4.18 Å². The lowest BCUT2D eigenvalue weighted by Crippen LogP contribution is -2.07. The molecule has 0 aliphatic rings. The third-order valence-corrected chi connectivity index (χ3v) is 6.03. The van der Waals surface area contributed by atoms with Gasteiger partial charge in [-0.1, -0.05) is 29.3 Å². The van der Waals surface area contributed by atoms with Crippen molar-refractivity contribution < 1.29 is 12.6 Å². The van der Waals surface area contributed by atoms with Gasteiger partial charge in [-0.2, -0.15) is 8.42 Å². The maximum atomic E-state index is 12.4. The topological polar surface area (TPSA) is 56.3 Å². The van der Waals surface area contributed by atoms with E-state index >= 15 is 0 Å². The molecule has 8 heteroatoms. The first kappa shape index (κ1) is 16.3. The summed E-state index contributed by atoms with van der Waals surface area (Å²) in [7, 11) is -3.96. The molecule has 0 unspecified atom stereocenters. The van der Waals surface area contributed by atoms with Crippen molar-refractivity contribution in [3.63, 3.8) is 0 Å². The second-order valence-corrected chi connectivity index (χ2v) is 8.21. The van der Waals surface area contributed by atoms with Crippen LogP contribution in [-0.2, 0) is 10.1 Å². The largest absolute Gasteiger partial charge is 0.378 e. The van der Waals surface area contributed by atoms with Crippen LogP contribution >= 0.6 is 34.5 Å². The van der Waals surface area contributed by atoms with E-state index in [1.54, 1.807) is 24.4 Å². The molecule has 0 fully saturated rings. The van der Waals surface area contributed by atoms with Crippen LogP contribution in [0.25, 0.3) is 10.6 Å². The Bertz CT molecular complexity index is 920. The van der Waals surface area contributed by atoms with Crippen molar-refractivity contribution in [2.24, 2.45) is 0 Å². The van der Waals surface area contributed by atoms with Gasteiger partial charge in [0, 0.05) is 28.4 Å². The van der Waals surface area contributed by atoms with Gasteiger partial charge in [0.2, 0.25) is 0 Å². The molecule has 0 saturated carbocycles. The average molecular weight is 386 g/mol. The average Bonchev–Trinajstić information content (AvgIpc) is 2.97. The van der Waals surface area contributed by atoms with Gasteiger partial charge in [-0.05, 0) is 30.3 Å². The molecule has 0 aliphatic heterocycles. The number of aromatic nitrogens is 1. The van der Waals surface area contributed by atoms with E-state index in [-0.39, 0.29) is 9.96 Å². The summed E-state index contributed by atoms with van der Waals surface area (Å²) in [6.45, 7) is 0. The van der Waals surface area contributed by atoms with E-state index in [9.17, 15) is 8.42 Å². The number of thiophene rings is 1. The van der Waals surface area contributed by atoms with E-state index in [4.69, 9.17) is 27.4 Å². The van der Waals surface area contributed by atoms with Gasteiger partial charge in [0.15, 0.2) is 4.21 Å². The van der Waals surface area contributed by atoms with E-state index in [0.29, 0.717) is 15.7 Å². The van der Waals surface area contributed by atoms with Crippen LogP contribution in [0, 0.1) is 0 Å². The van der Waals surface area contributed by atoms with Gasteiger partial charge in [0.1, 0.15) is 5.75 Å². The smallest absolute Gasteiger partial charge is 0.348 e. The molecule has 3 rings (SSSR count). The van der Waals surface area contributed by atoms with Gasteiger partial charge >= 0.3 is 10.1 Å². The van der Waals surface area contributed by atoms with Crippen LogP contribution < -0.4 is 4.18 Å². The summed E-state index contributed by atoms with van der Waals surface area (Å²) in [6, 6.07) is 12.9. The molecular weight excluding hydrogens is 377 g/mol. The molecule has 0 saturated heterocycles. The monoisotopic (exact) mass is 385 g/mol. The van der Waals surface area contributed by atoms with E-state index < -0.39 is 10.1 Å². The Kier molecular flexibility index (Phi) is 4.59. The molecule has 3 aromatic rings. The highest BCUT2D eigenvalue weighted by atomic mass is 35.5. The maximum absolute atomic E-state index is 12.4. The minimum absolute atomic E-state index is 0.0651. The number of rotatable bonds is 4. The molecular formula is C15H9Cl2NO3S2. The summed E-state index contributed by atoms with van der Waals surface area (Å²) >= 11 is 12.8. The van der Waals surface area contributed by atoms with Gasteiger partial charge in [-0.15, -0.1) is 11.3 Å². The molecule has 1 aromatic carbocycles. The number of hydrogen-bond acceptors (Lipinski definition) is 5. The van der Waals surface area contributed by atoms with Gasteiger partial charge in [-0.25, -0.2) is 0 Å². The number of benzene rings is 1. The van der Waals surface area contributed by atoms with Crippen LogP contribution in [0.15, 0.2) is 58.9 Å². The normalized spacial score (nSPS) is 11.4. The zero-order chi connectivity index (χ0) is 16.4. The van der Waals surface area contributed by atoms with Gasteiger partial charge in [0.05, 0.1) is 10.6 Å². The van der Waals surface area contributed by atoms with Crippen molar-refractivity contribution in [1.82, 2.24) is 4.98 Å². The van der Waals surface area contributed by atoms with Crippen LogP contribution in [0.4, 0.5) is 0 Å². The summed E-state index contributed by atoms with van der Waals surface area (Å²) in [4.78, 5) is 4.92. The van der Waals surface area contributed by atoms with E-state index in [1.807, 2.05) is 6.07 Å². The fourth-order valence-electron chi connectivity index (χ4n) is 1.85. The SMILES string of the molecule is O=S(=O)(Oc1cc(Cl)cc(Cl)c1)c1ccc(-c2ccccn2)s1. The van der Waals surface area contributed by atoms with Crippen LogP contribution in [0.5, 0.6) is 5.75 Å². The quantitative estimate of drug-likeness (QED) is 0.600. The Morgan fingerprint density at radius 1 is 1.00 bits per heavy atom. The second-order valence-electron chi connectivity index (χ2n) is 4.48. The van der Waals surface area contributed by atoms with Crippen molar-refractivity contribution >= 4 is 44.7 Å². The second kappa shape index (κ2) is 6.49. The Morgan fingerprint density at radius 3 is 2.39 bits per heavy atom. The predicted octanol–water partition coefficient (Wildman–Crippen LogP) is 4.88. The number of pyridine rings is 1. The fraction of sp³-hybridized carbons (Fsp3) is 0. The summed E-state index contributed by atoms with van der Waals surface area (Å²) in [5.41, 5.74) is 0.699. The van der Waals surface area contributed by atoms with E-state index in [1.165, 1.54) is 24.3 Å². The molecule has 0 atom stereocenters. The standard InChI is InChI=1S/C15H9Cl2NO3S2/c16-10-7-11(17)9-12(8-10)21-23(19,20)15-5-4-14(22-15)13-3-1-2-6-18-13/h1-9H. The highest BCUT2D eigenvalue weighted by Gasteiger charge is 2.20. The Morgan fingerprint density at radius 2 is 1.74 bits per heavy atom. The molecule has 118 valence electrons. The summed E-state index contributed by atoms with van der Waals surface area (Å²) in [5, 5.41) is 0.589. The molecule has 0 amide bonds. The first-order chi connectivity index (χ1) is 10.9. The lowest BCUT2D eigenvalue weighted by atomic mass is 10.3. The molecule has 0 N–H and O–H groups in total. The Balaban J connectivity index is 1.90. The van der Waals surface area contributed by atoms with Gasteiger partial charge in [0.25, 0.3) is 0 Å². The first-order valence-electron chi connectivity index (χ1n) is 6.36. The highest BCUT2D eigenvalue weighted by molar-refractivity contribution is 7.89. The predicted molar refractivity (Wildman–Crippen MR) is 91.8 cm³/mol. The summed E-state index contributed by atoms with van der Waals surface area (Å²) in [5.74, 6) is 0.0651. The third-order valence-electron chi connectivity index (χ3n) is 2.79. The molecule has 4 nitrogen and oxygen atoms in total. The van der Waals surface area contributed by atoms with Crippen molar-refractivity contribution in [1.29, 1.82) is 0 Å². The molecule has 0 radical (unpaired) electrons. The van der Waals surface area contributed by atoms with Crippen molar-refractivity contribution in [2.45, 2.75) is 4.21 Å². The lowest BCUT2D eigenvalue weighted by molar-refractivity contribution is 0.488. The number of nitrogens with zero attached hydrogens (tertiary/aromatic N) is 1. The number of hydrogen-bond donors (Lipinski definition) is 0. The zero-order valence-corrected chi connectivity index (χ0v) is 14.6. The van der Waals surface area contributed by atoms with Crippen molar-refractivity contribution in [3.05, 3.63) is 64.8 Å². The fourth-order valence-corrected chi connectivity index (χ4v) is 4.51. The van der Waals surface area contributed by atoms with Crippen molar-refractivity contribution in [2.75, 3.05) is 0 Å². The minimum Gasteiger partial charge on any atom is -0.378 e. The third kappa shape index (κ3) is 3.84. The van der Waals surface area contributed by atoms with Crippen LogP contribution in [0.2, 0.25) is 10.0 Å². The van der Waals surface area contributed by atoms with Crippen LogP contribution in [0.1, 0.15) is 0 Å². The molecule has 0 spiro atoms. The van der Waals surface area contributed by atoms with Gasteiger partial charge in [-0.3, -0.25) is 4.98 Å². The highest BCUT2D eigenvalue weighted by Crippen LogP contribution is 2.32. The van der Waals surface area contributed by atoms with Crippen molar-refractivity contribution in [3.8, 4) is 16.3 Å². The van der Waals surface area contributed by atoms with Crippen LogP contribution in [-0.4, -0.2) is 13.4 Å². The Hall–Kier alpha value is -1.60. The van der Waals surface area contributed by atoms with E-state index in [0.717, 1.165) is 16.2 Å². The Labute approximate surface area is 147 Å². The minimum atomic E-state index is -3.96.